The number of aryl methyl sites for hydroxylation is 3. The fourth-order valence-electron chi connectivity index (χ4n) is 2.75. The van der Waals surface area contributed by atoms with Crippen molar-refractivity contribution in [1.29, 1.82) is 0 Å². The Kier molecular flexibility index (Phi) is 3.67. The molecule has 1 N–H and O–H groups in total. The van der Waals surface area contributed by atoms with E-state index < -0.39 is 0 Å². The standard InChI is InChI=1S/C16H19NOS/c1-11-15(8-9-18)19-16(17-11)14-7-6-12-4-2-3-5-13(12)10-14/h6-7,10,18H,2-5,8-9H2,1H3. The van der Waals surface area contributed by atoms with Gasteiger partial charge in [-0.1, -0.05) is 12.1 Å². The average Bonchev–Trinajstić information content (AvgIpc) is 2.80. The molecule has 19 heavy (non-hydrogen) atoms. The van der Waals surface area contributed by atoms with E-state index in [4.69, 9.17) is 5.11 Å². The topological polar surface area (TPSA) is 33.1 Å². The van der Waals surface area contributed by atoms with Gasteiger partial charge in [0.05, 0.1) is 5.69 Å². The van der Waals surface area contributed by atoms with Crippen LogP contribution in [-0.4, -0.2) is 16.7 Å². The van der Waals surface area contributed by atoms with Crippen molar-refractivity contribution in [3.05, 3.63) is 39.9 Å². The summed E-state index contributed by atoms with van der Waals surface area (Å²) in [5.74, 6) is 0. The SMILES string of the molecule is Cc1nc(-c2ccc3c(c2)CCCC3)sc1CCO. The normalized spacial score (nSPS) is 14.4. The summed E-state index contributed by atoms with van der Waals surface area (Å²) in [5.41, 5.74) is 5.31. The van der Waals surface area contributed by atoms with Crippen molar-refractivity contribution in [1.82, 2.24) is 4.98 Å². The van der Waals surface area contributed by atoms with Crippen molar-refractivity contribution in [3.8, 4) is 10.6 Å². The van der Waals surface area contributed by atoms with Crippen molar-refractivity contribution < 1.29 is 5.11 Å². The molecule has 0 amide bonds. The molecule has 0 saturated carbocycles. The van der Waals surface area contributed by atoms with Crippen LogP contribution in [0.3, 0.4) is 0 Å². The predicted molar refractivity (Wildman–Crippen MR) is 79.7 cm³/mol. The lowest BCUT2D eigenvalue weighted by Gasteiger charge is -2.15. The molecule has 1 aliphatic carbocycles. The van der Waals surface area contributed by atoms with Gasteiger partial charge in [0.25, 0.3) is 0 Å². The van der Waals surface area contributed by atoms with E-state index in [0.717, 1.165) is 10.7 Å². The fraction of sp³-hybridized carbons (Fsp3) is 0.438. The van der Waals surface area contributed by atoms with Crippen molar-refractivity contribution in [2.75, 3.05) is 6.61 Å². The van der Waals surface area contributed by atoms with Gasteiger partial charge in [0.1, 0.15) is 5.01 Å². The molecule has 1 aromatic carbocycles. The molecular weight excluding hydrogens is 254 g/mol. The summed E-state index contributed by atoms with van der Waals surface area (Å²) in [5, 5.41) is 10.2. The molecule has 0 radical (unpaired) electrons. The maximum atomic E-state index is 9.06. The molecule has 2 aromatic rings. The van der Waals surface area contributed by atoms with Crippen LogP contribution in [0.4, 0.5) is 0 Å². The van der Waals surface area contributed by atoms with Crippen LogP contribution in [0.15, 0.2) is 18.2 Å². The van der Waals surface area contributed by atoms with Gasteiger partial charge in [-0.05, 0) is 49.8 Å². The van der Waals surface area contributed by atoms with Gasteiger partial charge in [-0.15, -0.1) is 11.3 Å². The lowest BCUT2D eigenvalue weighted by atomic mass is 9.90. The number of aliphatic hydroxyl groups is 1. The van der Waals surface area contributed by atoms with Crippen LogP contribution in [0.25, 0.3) is 10.6 Å². The third kappa shape index (κ3) is 2.58. The number of aromatic nitrogens is 1. The first kappa shape index (κ1) is 12.8. The van der Waals surface area contributed by atoms with Crippen LogP contribution in [0.2, 0.25) is 0 Å². The number of aliphatic hydroxyl groups excluding tert-OH is 1. The van der Waals surface area contributed by atoms with E-state index in [0.29, 0.717) is 6.42 Å². The van der Waals surface area contributed by atoms with E-state index in [9.17, 15) is 0 Å². The summed E-state index contributed by atoms with van der Waals surface area (Å²) in [6.07, 6.45) is 5.78. The van der Waals surface area contributed by atoms with Crippen LogP contribution < -0.4 is 0 Å². The minimum absolute atomic E-state index is 0.201. The molecule has 0 spiro atoms. The second-order valence-electron chi connectivity index (χ2n) is 5.19. The molecule has 1 aliphatic rings. The summed E-state index contributed by atoms with van der Waals surface area (Å²) >= 11 is 1.72. The maximum absolute atomic E-state index is 9.06. The Morgan fingerprint density at radius 3 is 2.79 bits per heavy atom. The zero-order chi connectivity index (χ0) is 13.2. The lowest BCUT2D eigenvalue weighted by Crippen LogP contribution is -2.02. The highest BCUT2D eigenvalue weighted by Gasteiger charge is 2.13. The van der Waals surface area contributed by atoms with Gasteiger partial charge in [0, 0.05) is 23.5 Å². The van der Waals surface area contributed by atoms with E-state index in [1.807, 2.05) is 6.92 Å². The van der Waals surface area contributed by atoms with Gasteiger partial charge in [0.2, 0.25) is 0 Å². The van der Waals surface area contributed by atoms with E-state index >= 15 is 0 Å². The summed E-state index contributed by atoms with van der Waals surface area (Å²) in [6, 6.07) is 6.78. The zero-order valence-corrected chi connectivity index (χ0v) is 12.1. The number of nitrogens with zero attached hydrogens (tertiary/aromatic N) is 1. The molecule has 0 aliphatic heterocycles. The van der Waals surface area contributed by atoms with Crippen molar-refractivity contribution in [3.63, 3.8) is 0 Å². The highest BCUT2D eigenvalue weighted by Crippen LogP contribution is 2.31. The second kappa shape index (κ2) is 5.43. The highest BCUT2D eigenvalue weighted by molar-refractivity contribution is 7.15. The predicted octanol–water partition coefficient (Wildman–Crippen LogP) is 3.53. The lowest BCUT2D eigenvalue weighted by molar-refractivity contribution is 0.300. The number of benzene rings is 1. The summed E-state index contributed by atoms with van der Waals surface area (Å²) < 4.78 is 0. The minimum Gasteiger partial charge on any atom is -0.396 e. The van der Waals surface area contributed by atoms with Crippen LogP contribution in [0.1, 0.15) is 34.5 Å². The number of thiazole rings is 1. The average molecular weight is 273 g/mol. The quantitative estimate of drug-likeness (QED) is 0.928. The van der Waals surface area contributed by atoms with Gasteiger partial charge in [-0.2, -0.15) is 0 Å². The van der Waals surface area contributed by atoms with Crippen LogP contribution >= 0.6 is 11.3 Å². The van der Waals surface area contributed by atoms with Crippen molar-refractivity contribution >= 4 is 11.3 Å². The first-order valence-electron chi connectivity index (χ1n) is 6.97. The monoisotopic (exact) mass is 273 g/mol. The van der Waals surface area contributed by atoms with Gasteiger partial charge in [0.15, 0.2) is 0 Å². The molecule has 0 saturated heterocycles. The number of rotatable bonds is 3. The second-order valence-corrected chi connectivity index (χ2v) is 6.28. The van der Waals surface area contributed by atoms with Gasteiger partial charge >= 0.3 is 0 Å². The Balaban J connectivity index is 1.95. The van der Waals surface area contributed by atoms with Crippen molar-refractivity contribution in [2.45, 2.75) is 39.0 Å². The summed E-state index contributed by atoms with van der Waals surface area (Å²) in [7, 11) is 0. The Morgan fingerprint density at radius 2 is 2.00 bits per heavy atom. The molecule has 0 fully saturated rings. The van der Waals surface area contributed by atoms with Gasteiger partial charge in [-0.25, -0.2) is 4.98 Å². The van der Waals surface area contributed by atoms with E-state index in [2.05, 4.69) is 23.2 Å². The smallest absolute Gasteiger partial charge is 0.123 e. The Labute approximate surface area is 118 Å². The minimum atomic E-state index is 0.201. The molecular formula is C16H19NOS. The first-order chi connectivity index (χ1) is 9.28. The maximum Gasteiger partial charge on any atom is 0.123 e. The molecule has 3 rings (SSSR count). The Hall–Kier alpha value is -1.19. The third-order valence-electron chi connectivity index (χ3n) is 3.83. The van der Waals surface area contributed by atoms with Gasteiger partial charge < -0.3 is 5.11 Å². The Bertz CT molecular complexity index is 588. The molecule has 100 valence electrons. The molecule has 3 heteroatoms. The van der Waals surface area contributed by atoms with Crippen LogP contribution in [0.5, 0.6) is 0 Å². The Morgan fingerprint density at radius 1 is 1.21 bits per heavy atom. The zero-order valence-electron chi connectivity index (χ0n) is 11.3. The number of hydrogen-bond acceptors (Lipinski definition) is 3. The van der Waals surface area contributed by atoms with Crippen molar-refractivity contribution in [2.24, 2.45) is 0 Å². The molecule has 1 aromatic heterocycles. The van der Waals surface area contributed by atoms with Crippen LogP contribution in [0, 0.1) is 6.92 Å². The molecule has 0 bridgehead atoms. The van der Waals surface area contributed by atoms with E-state index in [1.54, 1.807) is 11.3 Å². The molecule has 0 unspecified atom stereocenters. The van der Waals surface area contributed by atoms with Crippen LogP contribution in [-0.2, 0) is 19.3 Å². The third-order valence-corrected chi connectivity index (χ3v) is 5.09. The summed E-state index contributed by atoms with van der Waals surface area (Å²) in [6.45, 7) is 2.23. The van der Waals surface area contributed by atoms with Gasteiger partial charge in [-0.3, -0.25) is 0 Å². The van der Waals surface area contributed by atoms with E-state index in [-0.39, 0.29) is 6.61 Å². The molecule has 2 nitrogen and oxygen atoms in total. The number of hydrogen-bond donors (Lipinski definition) is 1. The highest BCUT2D eigenvalue weighted by atomic mass is 32.1. The largest absolute Gasteiger partial charge is 0.396 e. The number of fused-ring (bicyclic) bond motifs is 1. The molecule has 0 atom stereocenters. The van der Waals surface area contributed by atoms with E-state index in [1.165, 1.54) is 47.3 Å². The molecule has 1 heterocycles. The fourth-order valence-corrected chi connectivity index (χ4v) is 3.80. The summed E-state index contributed by atoms with van der Waals surface area (Å²) in [4.78, 5) is 5.86. The first-order valence-corrected chi connectivity index (χ1v) is 7.79.